The smallest absolute Gasteiger partial charge is 0.216 e. The predicted molar refractivity (Wildman–Crippen MR) is 91.0 cm³/mol. The molecule has 1 atom stereocenters. The van der Waals surface area contributed by atoms with Crippen molar-refractivity contribution in [3.05, 3.63) is 65.0 Å². The van der Waals surface area contributed by atoms with Crippen LogP contribution in [-0.2, 0) is 28.6 Å². The molecule has 0 fully saturated rings. The summed E-state index contributed by atoms with van der Waals surface area (Å²) in [6, 6.07) is 11.4. The van der Waals surface area contributed by atoms with Gasteiger partial charge in [0.05, 0.1) is 12.4 Å². The van der Waals surface area contributed by atoms with Crippen molar-refractivity contribution in [2.75, 3.05) is 6.61 Å². The molecule has 0 aromatic heterocycles. The quantitative estimate of drug-likeness (QED) is 0.872. The number of rotatable bonds is 6. The molecule has 3 rings (SSSR count). The van der Waals surface area contributed by atoms with Gasteiger partial charge in [0.2, 0.25) is 10.0 Å². The lowest BCUT2D eigenvalue weighted by atomic mass is 10.0. The van der Waals surface area contributed by atoms with Crippen LogP contribution in [0.4, 0.5) is 4.39 Å². The summed E-state index contributed by atoms with van der Waals surface area (Å²) in [5.41, 5.74) is 2.67. The van der Waals surface area contributed by atoms with Crippen LogP contribution in [0.1, 0.15) is 23.6 Å². The van der Waals surface area contributed by atoms with E-state index in [0.717, 1.165) is 17.7 Å². The number of ether oxygens (including phenoxy) is 1. The molecule has 1 N–H and O–H groups in total. The van der Waals surface area contributed by atoms with Crippen LogP contribution in [0.15, 0.2) is 42.5 Å². The van der Waals surface area contributed by atoms with Gasteiger partial charge in [0.15, 0.2) is 0 Å². The minimum Gasteiger partial charge on any atom is -0.493 e. The van der Waals surface area contributed by atoms with Crippen LogP contribution < -0.4 is 9.46 Å². The molecule has 0 aliphatic carbocycles. The minimum atomic E-state index is -3.52. The van der Waals surface area contributed by atoms with Crippen LogP contribution in [0.25, 0.3) is 0 Å². The van der Waals surface area contributed by atoms with Crippen LogP contribution in [0.2, 0.25) is 0 Å². The highest BCUT2D eigenvalue weighted by Crippen LogP contribution is 2.26. The van der Waals surface area contributed by atoms with Crippen molar-refractivity contribution in [1.29, 1.82) is 0 Å². The van der Waals surface area contributed by atoms with Crippen molar-refractivity contribution in [1.82, 2.24) is 4.72 Å². The van der Waals surface area contributed by atoms with E-state index < -0.39 is 15.8 Å². The lowest BCUT2D eigenvalue weighted by Crippen LogP contribution is -2.35. The number of benzene rings is 2. The van der Waals surface area contributed by atoms with E-state index in [9.17, 15) is 12.8 Å². The standard InChI is InChI=1S/C18H20FNO3S/c1-13(9-14-5-6-18-16(10-14)7-8-23-18)20-24(21,22)12-15-3-2-4-17(19)11-15/h2-6,10-11,13,20H,7-9,12H2,1H3. The highest BCUT2D eigenvalue weighted by atomic mass is 32.2. The highest BCUT2D eigenvalue weighted by molar-refractivity contribution is 7.88. The van der Waals surface area contributed by atoms with E-state index in [0.29, 0.717) is 18.6 Å². The van der Waals surface area contributed by atoms with Gasteiger partial charge in [-0.2, -0.15) is 0 Å². The average Bonchev–Trinajstić information content (AvgIpc) is 2.93. The first kappa shape index (κ1) is 16.9. The predicted octanol–water partition coefficient (Wildman–Crippen LogP) is 2.81. The molecule has 1 unspecified atom stereocenters. The summed E-state index contributed by atoms with van der Waals surface area (Å²) in [6.45, 7) is 2.53. The van der Waals surface area contributed by atoms with Gasteiger partial charge in [-0.3, -0.25) is 0 Å². The molecule has 0 spiro atoms. The summed E-state index contributed by atoms with van der Waals surface area (Å²) in [6.07, 6.45) is 1.48. The second kappa shape index (κ2) is 6.91. The Bertz CT molecular complexity index is 836. The van der Waals surface area contributed by atoms with Crippen molar-refractivity contribution in [3.8, 4) is 5.75 Å². The molecule has 1 aliphatic heterocycles. The van der Waals surface area contributed by atoms with E-state index in [1.807, 2.05) is 19.1 Å². The van der Waals surface area contributed by atoms with E-state index in [1.54, 1.807) is 6.07 Å². The fraction of sp³-hybridized carbons (Fsp3) is 0.333. The minimum absolute atomic E-state index is 0.229. The SMILES string of the molecule is CC(Cc1ccc2c(c1)CCO2)NS(=O)(=O)Cc1cccc(F)c1. The molecule has 1 aliphatic rings. The lowest BCUT2D eigenvalue weighted by molar-refractivity contribution is 0.357. The molecule has 2 aromatic carbocycles. The zero-order chi connectivity index (χ0) is 17.2. The molecular weight excluding hydrogens is 329 g/mol. The maximum absolute atomic E-state index is 13.2. The number of nitrogens with one attached hydrogen (secondary N) is 1. The van der Waals surface area contributed by atoms with Crippen LogP contribution in [0.5, 0.6) is 5.75 Å². The van der Waals surface area contributed by atoms with Gasteiger partial charge in [0.25, 0.3) is 0 Å². The van der Waals surface area contributed by atoms with Gasteiger partial charge < -0.3 is 4.74 Å². The van der Waals surface area contributed by atoms with E-state index in [1.165, 1.54) is 23.8 Å². The number of fused-ring (bicyclic) bond motifs is 1. The van der Waals surface area contributed by atoms with Crippen molar-refractivity contribution >= 4 is 10.0 Å². The largest absolute Gasteiger partial charge is 0.493 e. The zero-order valence-electron chi connectivity index (χ0n) is 13.5. The van der Waals surface area contributed by atoms with Crippen LogP contribution in [-0.4, -0.2) is 21.1 Å². The summed E-state index contributed by atoms with van der Waals surface area (Å²) in [4.78, 5) is 0. The summed E-state index contributed by atoms with van der Waals surface area (Å²) in [5, 5.41) is 0. The monoisotopic (exact) mass is 349 g/mol. The first-order valence-corrected chi connectivity index (χ1v) is 9.55. The Hall–Kier alpha value is -1.92. The highest BCUT2D eigenvalue weighted by Gasteiger charge is 2.17. The molecule has 24 heavy (non-hydrogen) atoms. The third-order valence-electron chi connectivity index (χ3n) is 3.92. The summed E-state index contributed by atoms with van der Waals surface area (Å²) < 4.78 is 45.8. The number of hydrogen-bond donors (Lipinski definition) is 1. The average molecular weight is 349 g/mol. The number of halogens is 1. The zero-order valence-corrected chi connectivity index (χ0v) is 14.3. The fourth-order valence-corrected chi connectivity index (χ4v) is 4.35. The fourth-order valence-electron chi connectivity index (χ4n) is 2.96. The molecule has 0 radical (unpaired) electrons. The molecule has 0 amide bonds. The van der Waals surface area contributed by atoms with Gasteiger partial charge in [-0.15, -0.1) is 0 Å². The Morgan fingerprint density at radius 3 is 2.83 bits per heavy atom. The Kier molecular flexibility index (Phi) is 4.87. The molecule has 128 valence electrons. The van der Waals surface area contributed by atoms with Crippen molar-refractivity contribution in [3.63, 3.8) is 0 Å². The van der Waals surface area contributed by atoms with Gasteiger partial charge >= 0.3 is 0 Å². The molecule has 6 heteroatoms. The maximum Gasteiger partial charge on any atom is 0.216 e. The van der Waals surface area contributed by atoms with Crippen LogP contribution >= 0.6 is 0 Å². The van der Waals surface area contributed by atoms with E-state index >= 15 is 0 Å². The van der Waals surface area contributed by atoms with E-state index in [-0.39, 0.29) is 11.8 Å². The first-order valence-electron chi connectivity index (χ1n) is 7.90. The molecule has 0 saturated heterocycles. The molecule has 1 heterocycles. The molecule has 0 bridgehead atoms. The second-order valence-corrected chi connectivity index (χ2v) is 7.91. The molecule has 4 nitrogen and oxygen atoms in total. The molecular formula is C18H20FNO3S. The Balaban J connectivity index is 1.62. The van der Waals surface area contributed by atoms with Gasteiger partial charge in [-0.05, 0) is 48.2 Å². The van der Waals surface area contributed by atoms with Gasteiger partial charge in [-0.25, -0.2) is 17.5 Å². The first-order chi connectivity index (χ1) is 11.4. The van der Waals surface area contributed by atoms with Crippen molar-refractivity contribution in [2.45, 2.75) is 31.6 Å². The second-order valence-electron chi connectivity index (χ2n) is 6.15. The molecule has 0 saturated carbocycles. The normalized spacial score (nSPS) is 14.9. The Morgan fingerprint density at radius 2 is 2.04 bits per heavy atom. The summed E-state index contributed by atoms with van der Waals surface area (Å²) >= 11 is 0. The van der Waals surface area contributed by atoms with E-state index in [2.05, 4.69) is 10.8 Å². The van der Waals surface area contributed by atoms with E-state index in [4.69, 9.17) is 4.74 Å². The Labute approximate surface area is 141 Å². The van der Waals surface area contributed by atoms with Gasteiger partial charge in [0, 0.05) is 12.5 Å². The number of sulfonamides is 1. The van der Waals surface area contributed by atoms with Crippen LogP contribution in [0.3, 0.4) is 0 Å². The maximum atomic E-state index is 13.2. The third kappa shape index (κ3) is 4.33. The van der Waals surface area contributed by atoms with Gasteiger partial charge in [-0.1, -0.05) is 24.3 Å². The lowest BCUT2D eigenvalue weighted by Gasteiger charge is -2.15. The topological polar surface area (TPSA) is 55.4 Å². The number of hydrogen-bond acceptors (Lipinski definition) is 3. The third-order valence-corrected chi connectivity index (χ3v) is 5.40. The van der Waals surface area contributed by atoms with Crippen LogP contribution in [0, 0.1) is 5.82 Å². The van der Waals surface area contributed by atoms with Crippen molar-refractivity contribution in [2.24, 2.45) is 0 Å². The Morgan fingerprint density at radius 1 is 1.21 bits per heavy atom. The van der Waals surface area contributed by atoms with Gasteiger partial charge in [0.1, 0.15) is 11.6 Å². The van der Waals surface area contributed by atoms with Crippen molar-refractivity contribution < 1.29 is 17.5 Å². The summed E-state index contributed by atoms with van der Waals surface area (Å²) in [5.74, 6) is 0.252. The molecule has 2 aromatic rings. The summed E-state index contributed by atoms with van der Waals surface area (Å²) in [7, 11) is -3.52.